The van der Waals surface area contributed by atoms with Gasteiger partial charge < -0.3 is 4.90 Å². The Labute approximate surface area is 153 Å². The van der Waals surface area contributed by atoms with Gasteiger partial charge in [-0.2, -0.15) is 8.42 Å². The molecule has 0 bridgehead atoms. The fraction of sp³-hybridized carbons (Fsp3) is 0.294. The van der Waals surface area contributed by atoms with Crippen LogP contribution in [-0.2, 0) is 21.2 Å². The maximum absolute atomic E-state index is 12.6. The zero-order valence-electron chi connectivity index (χ0n) is 14.5. The molecule has 1 aromatic carbocycles. The van der Waals surface area contributed by atoms with E-state index >= 15 is 0 Å². The Morgan fingerprint density at radius 2 is 1.92 bits per heavy atom. The maximum Gasteiger partial charge on any atom is 0.284 e. The van der Waals surface area contributed by atoms with Crippen LogP contribution in [0, 0.1) is 0 Å². The molecule has 1 aromatic rings. The minimum atomic E-state index is -3.90. The van der Waals surface area contributed by atoms with Crippen molar-refractivity contribution in [2.45, 2.75) is 18.2 Å². The largest absolute Gasteiger partial charge is 0.382 e. The summed E-state index contributed by atoms with van der Waals surface area (Å²) in [4.78, 5) is 16.0. The molecule has 134 valence electrons. The van der Waals surface area contributed by atoms with Gasteiger partial charge in [-0.05, 0) is 35.9 Å². The first-order chi connectivity index (χ1) is 11.8. The lowest BCUT2D eigenvalue weighted by Crippen LogP contribution is -2.30. The smallest absolute Gasteiger partial charge is 0.284 e. The van der Waals surface area contributed by atoms with Crippen molar-refractivity contribution in [3.8, 4) is 0 Å². The number of sulfonamides is 1. The standard InChI is InChI=1S/C17H21N3O3S2/c1-5-11-20-16(21)15(12-19(3)4)24-17(20)18-25(22,23)14-9-7-13(6-2)8-10-14/h5,7-10,12H,1,6,11H2,2-4H3. The van der Waals surface area contributed by atoms with Gasteiger partial charge in [-0.1, -0.05) is 25.1 Å². The van der Waals surface area contributed by atoms with Gasteiger partial charge in [0.25, 0.3) is 15.9 Å². The number of carbonyl (C=O) groups is 1. The Morgan fingerprint density at radius 3 is 2.44 bits per heavy atom. The summed E-state index contributed by atoms with van der Waals surface area (Å²) in [5.74, 6) is -0.283. The highest BCUT2D eigenvalue weighted by Gasteiger charge is 2.34. The van der Waals surface area contributed by atoms with Crippen molar-refractivity contribution in [1.29, 1.82) is 0 Å². The molecule has 8 heteroatoms. The number of benzene rings is 1. The summed E-state index contributed by atoms with van der Waals surface area (Å²) in [6, 6.07) is 6.60. The van der Waals surface area contributed by atoms with Crippen molar-refractivity contribution in [2.24, 2.45) is 4.40 Å². The molecule has 1 saturated heterocycles. The van der Waals surface area contributed by atoms with Crippen LogP contribution >= 0.6 is 11.8 Å². The van der Waals surface area contributed by atoms with Crippen molar-refractivity contribution < 1.29 is 13.2 Å². The fourth-order valence-corrected chi connectivity index (χ4v) is 4.40. The summed E-state index contributed by atoms with van der Waals surface area (Å²) >= 11 is 1.04. The molecular formula is C17H21N3O3S2. The van der Waals surface area contributed by atoms with Crippen LogP contribution in [0.5, 0.6) is 0 Å². The normalized spacial score (nSPS) is 18.2. The minimum absolute atomic E-state index is 0.105. The van der Waals surface area contributed by atoms with Crippen LogP contribution in [0.1, 0.15) is 12.5 Å². The van der Waals surface area contributed by atoms with Gasteiger partial charge in [-0.15, -0.1) is 11.0 Å². The topological polar surface area (TPSA) is 70.1 Å². The Kier molecular flexibility index (Phi) is 6.07. The lowest BCUT2D eigenvalue weighted by molar-refractivity contribution is -0.121. The second-order valence-corrected chi connectivity index (χ2v) is 8.22. The van der Waals surface area contributed by atoms with Crippen molar-refractivity contribution in [2.75, 3.05) is 20.6 Å². The third kappa shape index (κ3) is 4.52. The quantitative estimate of drug-likeness (QED) is 0.561. The number of aryl methyl sites for hydroxylation is 1. The third-order valence-electron chi connectivity index (χ3n) is 3.40. The van der Waals surface area contributed by atoms with Crippen LogP contribution in [0.15, 0.2) is 57.3 Å². The van der Waals surface area contributed by atoms with Crippen LogP contribution < -0.4 is 0 Å². The molecule has 25 heavy (non-hydrogen) atoms. The minimum Gasteiger partial charge on any atom is -0.382 e. The fourth-order valence-electron chi connectivity index (χ4n) is 2.14. The monoisotopic (exact) mass is 379 g/mol. The summed E-state index contributed by atoms with van der Waals surface area (Å²) in [6.07, 6.45) is 4.01. The van der Waals surface area contributed by atoms with Gasteiger partial charge in [0.2, 0.25) is 0 Å². The van der Waals surface area contributed by atoms with E-state index in [2.05, 4.69) is 11.0 Å². The Balaban J connectivity index is 2.41. The van der Waals surface area contributed by atoms with Crippen molar-refractivity contribution in [1.82, 2.24) is 9.80 Å². The molecule has 2 rings (SSSR count). The van der Waals surface area contributed by atoms with E-state index < -0.39 is 10.0 Å². The summed E-state index contributed by atoms with van der Waals surface area (Å²) in [6.45, 7) is 5.81. The molecule has 0 aliphatic carbocycles. The average molecular weight is 380 g/mol. The first-order valence-electron chi connectivity index (χ1n) is 7.71. The Bertz CT molecular complexity index is 825. The first kappa shape index (κ1) is 19.3. The van der Waals surface area contributed by atoms with Crippen LogP contribution in [-0.4, -0.2) is 49.9 Å². The molecule has 1 amide bonds. The number of amidine groups is 1. The molecule has 6 nitrogen and oxygen atoms in total. The van der Waals surface area contributed by atoms with E-state index in [-0.39, 0.29) is 22.5 Å². The highest BCUT2D eigenvalue weighted by Crippen LogP contribution is 2.32. The predicted octanol–water partition coefficient (Wildman–Crippen LogP) is 2.46. The molecule has 1 aliphatic rings. The highest BCUT2D eigenvalue weighted by molar-refractivity contribution is 8.19. The lowest BCUT2D eigenvalue weighted by atomic mass is 10.2. The SMILES string of the molecule is C=CCN1C(=O)C(=CN(C)C)SC1=NS(=O)(=O)c1ccc(CC)cc1. The Hall–Kier alpha value is -2.06. The van der Waals surface area contributed by atoms with E-state index in [1.165, 1.54) is 23.1 Å². The molecule has 0 saturated carbocycles. The molecule has 0 radical (unpaired) electrons. The number of thioether (sulfide) groups is 1. The van der Waals surface area contributed by atoms with E-state index in [1.807, 2.05) is 6.92 Å². The summed E-state index contributed by atoms with van der Waals surface area (Å²) in [5.41, 5.74) is 1.04. The molecule has 1 aliphatic heterocycles. The van der Waals surface area contributed by atoms with E-state index in [1.54, 1.807) is 37.3 Å². The molecule has 0 N–H and O–H groups in total. The van der Waals surface area contributed by atoms with Crippen LogP contribution in [0.4, 0.5) is 0 Å². The van der Waals surface area contributed by atoms with Crippen molar-refractivity contribution >= 4 is 32.9 Å². The maximum atomic E-state index is 12.6. The predicted molar refractivity (Wildman–Crippen MR) is 102 cm³/mol. The zero-order chi connectivity index (χ0) is 18.6. The van der Waals surface area contributed by atoms with Crippen molar-refractivity contribution in [3.63, 3.8) is 0 Å². The highest BCUT2D eigenvalue weighted by atomic mass is 32.2. The van der Waals surface area contributed by atoms with Gasteiger partial charge in [0.05, 0.1) is 9.80 Å². The van der Waals surface area contributed by atoms with Gasteiger partial charge in [-0.3, -0.25) is 9.69 Å². The molecule has 1 heterocycles. The van der Waals surface area contributed by atoms with E-state index in [0.29, 0.717) is 4.91 Å². The number of carbonyl (C=O) groups excluding carboxylic acids is 1. The van der Waals surface area contributed by atoms with Crippen LogP contribution in [0.3, 0.4) is 0 Å². The first-order valence-corrected chi connectivity index (χ1v) is 9.97. The number of amides is 1. The van der Waals surface area contributed by atoms with Gasteiger partial charge in [0, 0.05) is 26.8 Å². The van der Waals surface area contributed by atoms with E-state index in [0.717, 1.165) is 23.7 Å². The van der Waals surface area contributed by atoms with Crippen LogP contribution in [0.2, 0.25) is 0 Å². The van der Waals surface area contributed by atoms with Crippen LogP contribution in [0.25, 0.3) is 0 Å². The molecule has 0 aromatic heterocycles. The number of nitrogens with zero attached hydrogens (tertiary/aromatic N) is 3. The number of hydrogen-bond donors (Lipinski definition) is 0. The molecular weight excluding hydrogens is 358 g/mol. The number of hydrogen-bond acceptors (Lipinski definition) is 5. The van der Waals surface area contributed by atoms with Gasteiger partial charge in [0.15, 0.2) is 5.17 Å². The van der Waals surface area contributed by atoms with E-state index in [4.69, 9.17) is 0 Å². The summed E-state index contributed by atoms with van der Waals surface area (Å²) in [5, 5.41) is 0.137. The third-order valence-corrected chi connectivity index (χ3v) is 5.79. The Morgan fingerprint density at radius 1 is 1.28 bits per heavy atom. The lowest BCUT2D eigenvalue weighted by Gasteiger charge is -2.12. The second-order valence-electron chi connectivity index (χ2n) is 5.61. The molecule has 0 atom stereocenters. The van der Waals surface area contributed by atoms with Gasteiger partial charge in [-0.25, -0.2) is 0 Å². The average Bonchev–Trinajstić information content (AvgIpc) is 2.83. The molecule has 0 spiro atoms. The number of rotatable bonds is 6. The molecule has 1 fully saturated rings. The zero-order valence-corrected chi connectivity index (χ0v) is 16.1. The van der Waals surface area contributed by atoms with Gasteiger partial charge in [0.1, 0.15) is 0 Å². The van der Waals surface area contributed by atoms with Gasteiger partial charge >= 0.3 is 0 Å². The van der Waals surface area contributed by atoms with E-state index in [9.17, 15) is 13.2 Å². The second kappa shape index (κ2) is 7.88. The molecule has 0 unspecified atom stereocenters. The summed E-state index contributed by atoms with van der Waals surface area (Å²) in [7, 11) is -0.314. The summed E-state index contributed by atoms with van der Waals surface area (Å²) < 4.78 is 29.0. The van der Waals surface area contributed by atoms with Crippen molar-refractivity contribution in [3.05, 3.63) is 53.6 Å².